The van der Waals surface area contributed by atoms with Crippen molar-refractivity contribution in [3.05, 3.63) is 34.9 Å². The van der Waals surface area contributed by atoms with E-state index in [1.54, 1.807) is 18.7 Å². The summed E-state index contributed by atoms with van der Waals surface area (Å²) in [5, 5.41) is 3.57. The van der Waals surface area contributed by atoms with Crippen molar-refractivity contribution in [3.8, 4) is 0 Å². The van der Waals surface area contributed by atoms with E-state index in [0.29, 0.717) is 57.1 Å². The standard InChI is InChI=1S/C20H27ClN2O4/c1-19(2,17(24)22-10-7-15-3-5-16(21)6-4-15)18(25)23-11-8-20(9-12-23)26-13-14-27-20/h3-6H,7-14H2,1-2H3,(H,22,24). The third-order valence-corrected chi connectivity index (χ3v) is 5.59. The van der Waals surface area contributed by atoms with Crippen molar-refractivity contribution in [3.63, 3.8) is 0 Å². The maximum Gasteiger partial charge on any atom is 0.237 e. The molecule has 2 aliphatic rings. The minimum atomic E-state index is -1.11. The van der Waals surface area contributed by atoms with Gasteiger partial charge in [-0.1, -0.05) is 23.7 Å². The first-order valence-corrected chi connectivity index (χ1v) is 9.80. The van der Waals surface area contributed by atoms with E-state index in [2.05, 4.69) is 5.32 Å². The van der Waals surface area contributed by atoms with Crippen molar-refractivity contribution in [1.29, 1.82) is 0 Å². The molecule has 2 fully saturated rings. The molecule has 2 heterocycles. The van der Waals surface area contributed by atoms with Gasteiger partial charge in [-0.3, -0.25) is 9.59 Å². The van der Waals surface area contributed by atoms with Crippen molar-refractivity contribution in [1.82, 2.24) is 10.2 Å². The lowest BCUT2D eigenvalue weighted by molar-refractivity contribution is -0.189. The summed E-state index contributed by atoms with van der Waals surface area (Å²) in [6.07, 6.45) is 1.98. The van der Waals surface area contributed by atoms with Crippen LogP contribution in [0.25, 0.3) is 0 Å². The summed E-state index contributed by atoms with van der Waals surface area (Å²) in [7, 11) is 0. The highest BCUT2D eigenvalue weighted by Gasteiger charge is 2.45. The Morgan fingerprint density at radius 3 is 2.33 bits per heavy atom. The zero-order valence-corrected chi connectivity index (χ0v) is 16.7. The monoisotopic (exact) mass is 394 g/mol. The molecule has 2 aliphatic heterocycles. The van der Waals surface area contributed by atoms with Gasteiger partial charge >= 0.3 is 0 Å². The van der Waals surface area contributed by atoms with Crippen molar-refractivity contribution < 1.29 is 19.1 Å². The molecule has 0 aliphatic carbocycles. The van der Waals surface area contributed by atoms with E-state index in [4.69, 9.17) is 21.1 Å². The van der Waals surface area contributed by atoms with Crippen LogP contribution in [-0.2, 0) is 25.5 Å². The number of hydrogen-bond donors (Lipinski definition) is 1. The molecular formula is C20H27ClN2O4. The fraction of sp³-hybridized carbons (Fsp3) is 0.600. The lowest BCUT2D eigenvalue weighted by atomic mass is 9.89. The topological polar surface area (TPSA) is 67.9 Å². The Kier molecular flexibility index (Phi) is 6.08. The number of carbonyl (C=O) groups is 2. The van der Waals surface area contributed by atoms with Gasteiger partial charge < -0.3 is 19.7 Å². The Hall–Kier alpha value is -1.63. The number of ether oxygens (including phenoxy) is 2. The van der Waals surface area contributed by atoms with Crippen LogP contribution in [0.3, 0.4) is 0 Å². The van der Waals surface area contributed by atoms with Crippen molar-refractivity contribution in [2.24, 2.45) is 5.41 Å². The van der Waals surface area contributed by atoms with E-state index in [1.165, 1.54) is 0 Å². The molecule has 148 valence electrons. The van der Waals surface area contributed by atoms with E-state index in [1.807, 2.05) is 24.3 Å². The van der Waals surface area contributed by atoms with Gasteiger partial charge in [0.15, 0.2) is 5.79 Å². The van der Waals surface area contributed by atoms with Gasteiger partial charge in [-0.25, -0.2) is 0 Å². The highest BCUT2D eigenvalue weighted by atomic mass is 35.5. The molecule has 0 radical (unpaired) electrons. The van der Waals surface area contributed by atoms with Gasteiger partial charge in [0.2, 0.25) is 11.8 Å². The van der Waals surface area contributed by atoms with Crippen LogP contribution < -0.4 is 5.32 Å². The molecule has 1 aromatic carbocycles. The van der Waals surface area contributed by atoms with E-state index in [-0.39, 0.29) is 11.8 Å². The van der Waals surface area contributed by atoms with Crippen LogP contribution in [0, 0.1) is 5.41 Å². The molecule has 2 amide bonds. The summed E-state index contributed by atoms with van der Waals surface area (Å²) < 4.78 is 11.4. The van der Waals surface area contributed by atoms with Crippen LogP contribution in [0.15, 0.2) is 24.3 Å². The third-order valence-electron chi connectivity index (χ3n) is 5.34. The van der Waals surface area contributed by atoms with Gasteiger partial charge in [-0.05, 0) is 38.0 Å². The summed E-state index contributed by atoms with van der Waals surface area (Å²) in [5.74, 6) is -0.934. The van der Waals surface area contributed by atoms with Crippen LogP contribution >= 0.6 is 11.6 Å². The highest BCUT2D eigenvalue weighted by Crippen LogP contribution is 2.33. The second-order valence-corrected chi connectivity index (χ2v) is 8.09. The molecule has 0 saturated carbocycles. The summed E-state index contributed by atoms with van der Waals surface area (Å²) in [6.45, 7) is 6.13. The molecule has 0 atom stereocenters. The first-order valence-electron chi connectivity index (χ1n) is 9.42. The number of rotatable bonds is 5. The number of carbonyl (C=O) groups excluding carboxylic acids is 2. The Balaban J connectivity index is 1.49. The van der Waals surface area contributed by atoms with Gasteiger partial charge in [0.25, 0.3) is 0 Å². The molecule has 2 saturated heterocycles. The molecule has 6 nitrogen and oxygen atoms in total. The van der Waals surface area contributed by atoms with E-state index in [0.717, 1.165) is 5.56 Å². The predicted molar refractivity (Wildman–Crippen MR) is 102 cm³/mol. The molecule has 3 rings (SSSR count). The van der Waals surface area contributed by atoms with Crippen LogP contribution in [0.1, 0.15) is 32.3 Å². The molecule has 1 spiro atoms. The number of amides is 2. The molecule has 1 N–H and O–H groups in total. The first-order chi connectivity index (χ1) is 12.8. The van der Waals surface area contributed by atoms with Gasteiger partial charge in [0.05, 0.1) is 13.2 Å². The Morgan fingerprint density at radius 1 is 1.15 bits per heavy atom. The predicted octanol–water partition coefficient (Wildman–Crippen LogP) is 2.39. The quantitative estimate of drug-likeness (QED) is 0.778. The first kappa shape index (κ1) is 20.1. The van der Waals surface area contributed by atoms with Crippen molar-refractivity contribution in [2.75, 3.05) is 32.8 Å². The van der Waals surface area contributed by atoms with E-state index in [9.17, 15) is 9.59 Å². The maximum atomic E-state index is 12.9. The second kappa shape index (κ2) is 8.17. The zero-order valence-electron chi connectivity index (χ0n) is 15.9. The summed E-state index contributed by atoms with van der Waals surface area (Å²) in [4.78, 5) is 27.3. The summed E-state index contributed by atoms with van der Waals surface area (Å²) >= 11 is 5.88. The fourth-order valence-electron chi connectivity index (χ4n) is 3.52. The molecule has 0 bridgehead atoms. The molecule has 0 unspecified atom stereocenters. The molecule has 0 aromatic heterocycles. The van der Waals surface area contributed by atoms with Gasteiger partial charge in [-0.2, -0.15) is 0 Å². The Morgan fingerprint density at radius 2 is 1.74 bits per heavy atom. The molecule has 7 heteroatoms. The SMILES string of the molecule is CC(C)(C(=O)NCCc1ccc(Cl)cc1)C(=O)N1CCC2(CC1)OCCO2. The average Bonchev–Trinajstić information content (AvgIpc) is 3.11. The largest absolute Gasteiger partial charge is 0.355 e. The van der Waals surface area contributed by atoms with E-state index >= 15 is 0 Å². The number of benzene rings is 1. The Labute approximate surface area is 165 Å². The molecular weight excluding hydrogens is 368 g/mol. The van der Waals surface area contributed by atoms with Gasteiger partial charge in [0.1, 0.15) is 5.41 Å². The lowest BCUT2D eigenvalue weighted by Crippen LogP contribution is -2.54. The summed E-state index contributed by atoms with van der Waals surface area (Å²) in [6, 6.07) is 7.52. The number of likely N-dealkylation sites (tertiary alicyclic amines) is 1. The fourth-order valence-corrected chi connectivity index (χ4v) is 3.65. The van der Waals surface area contributed by atoms with Crippen LogP contribution in [0.4, 0.5) is 0 Å². The van der Waals surface area contributed by atoms with Crippen LogP contribution in [0.2, 0.25) is 5.02 Å². The van der Waals surface area contributed by atoms with Crippen LogP contribution in [0.5, 0.6) is 0 Å². The number of piperidine rings is 1. The van der Waals surface area contributed by atoms with E-state index < -0.39 is 11.2 Å². The van der Waals surface area contributed by atoms with Crippen molar-refractivity contribution in [2.45, 2.75) is 38.9 Å². The highest BCUT2D eigenvalue weighted by molar-refractivity contribution is 6.30. The minimum Gasteiger partial charge on any atom is -0.355 e. The average molecular weight is 395 g/mol. The minimum absolute atomic E-state index is 0.153. The molecule has 27 heavy (non-hydrogen) atoms. The maximum absolute atomic E-state index is 12.9. The number of nitrogens with zero attached hydrogens (tertiary/aromatic N) is 1. The smallest absolute Gasteiger partial charge is 0.237 e. The number of halogens is 1. The van der Waals surface area contributed by atoms with Crippen LogP contribution in [-0.4, -0.2) is 55.3 Å². The van der Waals surface area contributed by atoms with Gasteiger partial charge in [-0.15, -0.1) is 0 Å². The number of hydrogen-bond acceptors (Lipinski definition) is 4. The zero-order chi connectivity index (χ0) is 19.5. The Bertz CT molecular complexity index is 674. The number of nitrogens with one attached hydrogen (secondary N) is 1. The van der Waals surface area contributed by atoms with Gasteiger partial charge in [0, 0.05) is 37.5 Å². The van der Waals surface area contributed by atoms with Crippen molar-refractivity contribution >= 4 is 23.4 Å². The third kappa shape index (κ3) is 4.62. The summed E-state index contributed by atoms with van der Waals surface area (Å²) in [5.41, 5.74) is -0.0243. The normalized spacial score (nSPS) is 19.3. The second-order valence-electron chi connectivity index (χ2n) is 7.66. The molecule has 1 aromatic rings. The lowest BCUT2D eigenvalue weighted by Gasteiger charge is -2.40.